The van der Waals surface area contributed by atoms with Gasteiger partial charge >= 0.3 is 6.18 Å². The minimum absolute atomic E-state index is 0.0763. The zero-order valence-electron chi connectivity index (χ0n) is 20.5. The molecule has 2 aromatic heterocycles. The van der Waals surface area contributed by atoms with E-state index in [4.69, 9.17) is 4.74 Å². The zero-order chi connectivity index (χ0) is 26.7. The number of alkyl halides is 3. The average Bonchev–Trinajstić information content (AvgIpc) is 3.70. The van der Waals surface area contributed by atoms with Crippen LogP contribution in [-0.4, -0.2) is 41.1 Å². The molecule has 37 heavy (non-hydrogen) atoms. The summed E-state index contributed by atoms with van der Waals surface area (Å²) >= 11 is 0. The van der Waals surface area contributed by atoms with E-state index in [1.807, 2.05) is 11.9 Å². The molecule has 0 atom stereocenters. The number of hydrogen-bond donors (Lipinski definition) is 3. The summed E-state index contributed by atoms with van der Waals surface area (Å²) in [5.74, 6) is -0.0860. The van der Waals surface area contributed by atoms with Crippen LogP contribution < -0.4 is 25.6 Å². The van der Waals surface area contributed by atoms with Gasteiger partial charge in [0.15, 0.2) is 0 Å². The number of hydrogen-bond acceptors (Lipinski definition) is 8. The molecule has 0 unspecified atom stereocenters. The fourth-order valence-corrected chi connectivity index (χ4v) is 3.55. The Hall–Kier alpha value is -4.35. The standard InChI is InChI=1S/C25H26F3N7O2/c1-5-21(36)31-19-10-14(2)6-9-18(19)32-23-17(25(26,27)28)13-29-24(34-23)30-15-11-20(33-22(12-15)37-4)35(3)16-7-8-16/h5-6,9-13,16H,1,7-8H2,2-4H3,(H,31,36)(H2,29,30,32,33,34). The van der Waals surface area contributed by atoms with Gasteiger partial charge in [0, 0.05) is 37.1 Å². The maximum atomic E-state index is 13.8. The molecule has 3 aromatic rings. The number of benzene rings is 1. The Morgan fingerprint density at radius 1 is 1.16 bits per heavy atom. The summed E-state index contributed by atoms with van der Waals surface area (Å²) in [7, 11) is 3.40. The highest BCUT2D eigenvalue weighted by Gasteiger charge is 2.35. The number of halogens is 3. The van der Waals surface area contributed by atoms with Crippen molar-refractivity contribution in [2.24, 2.45) is 0 Å². The Bertz CT molecular complexity index is 1330. The Morgan fingerprint density at radius 3 is 2.57 bits per heavy atom. The number of rotatable bonds is 9. The van der Waals surface area contributed by atoms with Crippen LogP contribution in [0.4, 0.5) is 47.8 Å². The number of pyridine rings is 1. The van der Waals surface area contributed by atoms with Gasteiger partial charge in [0.1, 0.15) is 17.2 Å². The fraction of sp³-hybridized carbons (Fsp3) is 0.280. The van der Waals surface area contributed by atoms with E-state index in [9.17, 15) is 18.0 Å². The van der Waals surface area contributed by atoms with Crippen LogP contribution >= 0.6 is 0 Å². The first-order valence-corrected chi connectivity index (χ1v) is 11.4. The van der Waals surface area contributed by atoms with E-state index in [2.05, 4.69) is 37.5 Å². The zero-order valence-corrected chi connectivity index (χ0v) is 20.5. The van der Waals surface area contributed by atoms with Gasteiger partial charge in [-0.05, 0) is 43.5 Å². The van der Waals surface area contributed by atoms with Gasteiger partial charge in [0.2, 0.25) is 17.7 Å². The second kappa shape index (κ2) is 10.3. The molecule has 9 nitrogen and oxygen atoms in total. The number of nitrogens with zero attached hydrogens (tertiary/aromatic N) is 4. The molecular weight excluding hydrogens is 487 g/mol. The summed E-state index contributed by atoms with van der Waals surface area (Å²) < 4.78 is 46.7. The quantitative estimate of drug-likeness (QED) is 0.326. The highest BCUT2D eigenvalue weighted by atomic mass is 19.4. The van der Waals surface area contributed by atoms with E-state index in [-0.39, 0.29) is 17.3 Å². The van der Waals surface area contributed by atoms with Gasteiger partial charge in [-0.15, -0.1) is 0 Å². The van der Waals surface area contributed by atoms with Crippen LogP contribution in [0.1, 0.15) is 24.0 Å². The Kier molecular flexibility index (Phi) is 7.18. The maximum absolute atomic E-state index is 13.8. The van der Waals surface area contributed by atoms with Crippen molar-refractivity contribution in [3.05, 3.63) is 60.3 Å². The molecule has 4 rings (SSSR count). The van der Waals surface area contributed by atoms with Crippen LogP contribution in [0, 0.1) is 6.92 Å². The first-order valence-electron chi connectivity index (χ1n) is 11.4. The van der Waals surface area contributed by atoms with Crippen molar-refractivity contribution in [2.75, 3.05) is 35.0 Å². The van der Waals surface area contributed by atoms with Crippen molar-refractivity contribution in [3.63, 3.8) is 0 Å². The van der Waals surface area contributed by atoms with Gasteiger partial charge in [0.25, 0.3) is 0 Å². The molecule has 0 radical (unpaired) electrons. The summed E-state index contributed by atoms with van der Waals surface area (Å²) in [4.78, 5) is 26.3. The minimum Gasteiger partial charge on any atom is -0.481 e. The molecular formula is C25H26F3N7O2. The van der Waals surface area contributed by atoms with Crippen molar-refractivity contribution >= 4 is 40.6 Å². The van der Waals surface area contributed by atoms with Crippen molar-refractivity contribution in [3.8, 4) is 5.88 Å². The Labute approximate surface area is 211 Å². The smallest absolute Gasteiger partial charge is 0.421 e. The van der Waals surface area contributed by atoms with E-state index in [1.165, 1.54) is 7.11 Å². The Morgan fingerprint density at radius 2 is 1.92 bits per heavy atom. The molecule has 2 heterocycles. The van der Waals surface area contributed by atoms with Crippen LogP contribution in [0.5, 0.6) is 5.88 Å². The van der Waals surface area contributed by atoms with Crippen LogP contribution in [0.25, 0.3) is 0 Å². The third kappa shape index (κ3) is 6.26. The average molecular weight is 514 g/mol. The lowest BCUT2D eigenvalue weighted by molar-refractivity contribution is -0.137. The van der Waals surface area contributed by atoms with Gasteiger partial charge in [-0.25, -0.2) is 4.98 Å². The number of methoxy groups -OCH3 is 1. The van der Waals surface area contributed by atoms with Gasteiger partial charge in [-0.1, -0.05) is 12.6 Å². The highest BCUT2D eigenvalue weighted by molar-refractivity contribution is 6.01. The molecule has 1 saturated carbocycles. The topological polar surface area (TPSA) is 104 Å². The lowest BCUT2D eigenvalue weighted by Crippen LogP contribution is -2.21. The van der Waals surface area contributed by atoms with Crippen molar-refractivity contribution in [2.45, 2.75) is 32.0 Å². The molecule has 1 fully saturated rings. The van der Waals surface area contributed by atoms with Crippen LogP contribution in [0.2, 0.25) is 0 Å². The summed E-state index contributed by atoms with van der Waals surface area (Å²) in [6.07, 6.45) is -0.843. The largest absolute Gasteiger partial charge is 0.481 e. The molecule has 0 spiro atoms. The SMILES string of the molecule is C=CC(=O)Nc1cc(C)ccc1Nc1nc(Nc2cc(OC)nc(N(C)C3CC3)c2)ncc1C(F)(F)F. The molecule has 1 aliphatic rings. The number of aromatic nitrogens is 3. The molecule has 194 valence electrons. The van der Waals surface area contributed by atoms with Crippen molar-refractivity contribution in [1.82, 2.24) is 15.0 Å². The minimum atomic E-state index is -4.73. The summed E-state index contributed by atoms with van der Waals surface area (Å²) in [6.45, 7) is 5.20. The molecule has 1 aliphatic carbocycles. The highest BCUT2D eigenvalue weighted by Crippen LogP contribution is 2.37. The fourth-order valence-electron chi connectivity index (χ4n) is 3.55. The van der Waals surface area contributed by atoms with Crippen molar-refractivity contribution in [1.29, 1.82) is 0 Å². The molecule has 1 aromatic carbocycles. The first-order chi connectivity index (χ1) is 17.6. The summed E-state index contributed by atoms with van der Waals surface area (Å²) in [6, 6.07) is 8.60. The van der Waals surface area contributed by atoms with Crippen molar-refractivity contribution < 1.29 is 22.7 Å². The molecule has 0 aliphatic heterocycles. The van der Waals surface area contributed by atoms with Crippen LogP contribution in [0.3, 0.4) is 0 Å². The monoisotopic (exact) mass is 513 g/mol. The van der Waals surface area contributed by atoms with Gasteiger partial charge in [0.05, 0.1) is 18.5 Å². The summed E-state index contributed by atoms with van der Waals surface area (Å²) in [5.41, 5.74) is 0.715. The van der Waals surface area contributed by atoms with Crippen LogP contribution in [-0.2, 0) is 11.0 Å². The lowest BCUT2D eigenvalue weighted by atomic mass is 10.1. The second-order valence-electron chi connectivity index (χ2n) is 8.54. The van der Waals surface area contributed by atoms with Gasteiger partial charge < -0.3 is 25.6 Å². The van der Waals surface area contributed by atoms with Gasteiger partial charge in [-0.2, -0.15) is 23.1 Å². The van der Waals surface area contributed by atoms with E-state index in [1.54, 1.807) is 37.3 Å². The van der Waals surface area contributed by atoms with Crippen LogP contribution in [0.15, 0.2) is 49.2 Å². The number of anilines is 6. The van der Waals surface area contributed by atoms with E-state index in [0.717, 1.165) is 24.5 Å². The molecule has 12 heteroatoms. The number of aryl methyl sites for hydroxylation is 1. The second-order valence-corrected chi connectivity index (χ2v) is 8.54. The summed E-state index contributed by atoms with van der Waals surface area (Å²) in [5, 5.41) is 8.24. The van der Waals surface area contributed by atoms with E-state index >= 15 is 0 Å². The van der Waals surface area contributed by atoms with Gasteiger partial charge in [-0.3, -0.25) is 4.79 Å². The van der Waals surface area contributed by atoms with E-state index in [0.29, 0.717) is 29.6 Å². The maximum Gasteiger partial charge on any atom is 0.421 e. The van der Waals surface area contributed by atoms with E-state index < -0.39 is 23.5 Å². The first kappa shape index (κ1) is 25.7. The lowest BCUT2D eigenvalue weighted by Gasteiger charge is -2.20. The Balaban J connectivity index is 1.69. The number of ether oxygens (including phenoxy) is 1. The molecule has 0 saturated heterocycles. The molecule has 1 amide bonds. The molecule has 0 bridgehead atoms. The molecule has 3 N–H and O–H groups in total. The normalized spacial score (nSPS) is 13.0. The number of carbonyl (C=O) groups is 1. The number of nitrogens with one attached hydrogen (secondary N) is 3. The third-order valence-electron chi connectivity index (χ3n) is 5.68. The predicted octanol–water partition coefficient (Wildman–Crippen LogP) is 5.42. The number of carbonyl (C=O) groups excluding carboxylic acids is 1. The predicted molar refractivity (Wildman–Crippen MR) is 136 cm³/mol. The number of amides is 1. The third-order valence-corrected chi connectivity index (χ3v) is 5.68.